The smallest absolute Gasteiger partial charge is 0.287 e. The number of hydrogen-bond donors (Lipinski definition) is 1. The van der Waals surface area contributed by atoms with Gasteiger partial charge in [-0.1, -0.05) is 18.2 Å². The number of fused-ring (bicyclic) bond motifs is 1. The van der Waals surface area contributed by atoms with Crippen LogP contribution in [0.25, 0.3) is 0 Å². The Morgan fingerprint density at radius 1 is 1.23 bits per heavy atom. The quantitative estimate of drug-likeness (QED) is 0.946. The van der Waals surface area contributed by atoms with E-state index in [-0.39, 0.29) is 17.6 Å². The second kappa shape index (κ2) is 6.05. The molecule has 22 heavy (non-hydrogen) atoms. The monoisotopic (exact) mass is 298 g/mol. The van der Waals surface area contributed by atoms with Gasteiger partial charge in [-0.2, -0.15) is 0 Å². The molecule has 0 bridgehead atoms. The van der Waals surface area contributed by atoms with Gasteiger partial charge < -0.3 is 14.6 Å². The minimum absolute atomic E-state index is 0.105. The third kappa shape index (κ3) is 2.74. The fourth-order valence-electron chi connectivity index (χ4n) is 2.73. The van der Waals surface area contributed by atoms with E-state index < -0.39 is 6.04 Å². The molecule has 1 aromatic carbocycles. The number of furan rings is 1. The number of para-hydroxylation sites is 1. The molecule has 2 amide bonds. The van der Waals surface area contributed by atoms with Crippen molar-refractivity contribution in [3.05, 3.63) is 54.0 Å². The average Bonchev–Trinajstić information content (AvgIpc) is 3.08. The molecule has 1 aromatic heterocycles. The molecule has 0 spiro atoms. The van der Waals surface area contributed by atoms with Crippen molar-refractivity contribution < 1.29 is 14.0 Å². The molecular weight excluding hydrogens is 280 g/mol. The molecule has 0 unspecified atom stereocenters. The van der Waals surface area contributed by atoms with Crippen molar-refractivity contribution in [2.75, 3.05) is 11.4 Å². The number of aryl methyl sites for hydroxylation is 1. The molecule has 0 saturated carbocycles. The summed E-state index contributed by atoms with van der Waals surface area (Å²) in [6.07, 6.45) is 3.34. The molecule has 0 saturated heterocycles. The van der Waals surface area contributed by atoms with Crippen LogP contribution >= 0.6 is 0 Å². The first-order valence-electron chi connectivity index (χ1n) is 7.40. The van der Waals surface area contributed by atoms with Gasteiger partial charge in [0.15, 0.2) is 5.76 Å². The molecule has 2 heterocycles. The van der Waals surface area contributed by atoms with E-state index in [1.54, 1.807) is 24.0 Å². The molecular formula is C17H18N2O3. The lowest BCUT2D eigenvalue weighted by molar-refractivity contribution is -0.120. The minimum Gasteiger partial charge on any atom is -0.459 e. The van der Waals surface area contributed by atoms with E-state index in [1.807, 2.05) is 24.3 Å². The van der Waals surface area contributed by atoms with Gasteiger partial charge in [0.25, 0.3) is 5.91 Å². The van der Waals surface area contributed by atoms with Crippen LogP contribution in [0.2, 0.25) is 0 Å². The van der Waals surface area contributed by atoms with Crippen molar-refractivity contribution in [3.8, 4) is 0 Å². The second-order valence-corrected chi connectivity index (χ2v) is 5.39. The van der Waals surface area contributed by atoms with Crippen LogP contribution in [0.15, 0.2) is 47.1 Å². The van der Waals surface area contributed by atoms with Gasteiger partial charge >= 0.3 is 0 Å². The zero-order chi connectivity index (χ0) is 15.5. The molecule has 0 aliphatic carbocycles. The number of benzene rings is 1. The lowest BCUT2D eigenvalue weighted by Gasteiger charge is -2.31. The van der Waals surface area contributed by atoms with E-state index >= 15 is 0 Å². The van der Waals surface area contributed by atoms with E-state index in [2.05, 4.69) is 5.32 Å². The number of nitrogens with zero attached hydrogens (tertiary/aromatic N) is 1. The number of carbonyl (C=O) groups is 2. The first-order valence-corrected chi connectivity index (χ1v) is 7.40. The Hall–Kier alpha value is -2.56. The number of nitrogens with one attached hydrogen (secondary N) is 1. The van der Waals surface area contributed by atoms with Gasteiger partial charge in [-0.15, -0.1) is 0 Å². The number of amides is 2. The predicted molar refractivity (Wildman–Crippen MR) is 82.8 cm³/mol. The summed E-state index contributed by atoms with van der Waals surface area (Å²) < 4.78 is 5.04. The van der Waals surface area contributed by atoms with Crippen molar-refractivity contribution in [1.82, 2.24) is 5.32 Å². The summed E-state index contributed by atoms with van der Waals surface area (Å²) in [5, 5.41) is 2.69. The highest BCUT2D eigenvalue weighted by molar-refractivity contribution is 6.01. The Morgan fingerprint density at radius 2 is 2.05 bits per heavy atom. The lowest BCUT2D eigenvalue weighted by atomic mass is 10.0. The standard InChI is InChI=1S/C17H18N2O3/c1-12(18-16(20)15-9-5-11-22-15)17(21)19-10-4-7-13-6-2-3-8-14(13)19/h2-3,5-6,8-9,11-12H,4,7,10H2,1H3,(H,18,20)/t12-/m1/s1. The van der Waals surface area contributed by atoms with Crippen LogP contribution < -0.4 is 10.2 Å². The molecule has 1 aliphatic heterocycles. The second-order valence-electron chi connectivity index (χ2n) is 5.39. The maximum atomic E-state index is 12.6. The largest absolute Gasteiger partial charge is 0.459 e. The number of anilines is 1. The molecule has 1 N–H and O–H groups in total. The number of hydrogen-bond acceptors (Lipinski definition) is 3. The molecule has 3 rings (SSSR count). The van der Waals surface area contributed by atoms with E-state index in [0.717, 1.165) is 18.5 Å². The molecule has 1 atom stereocenters. The van der Waals surface area contributed by atoms with Crippen LogP contribution in [-0.4, -0.2) is 24.4 Å². The van der Waals surface area contributed by atoms with Crippen LogP contribution in [-0.2, 0) is 11.2 Å². The van der Waals surface area contributed by atoms with Crippen LogP contribution in [0.4, 0.5) is 5.69 Å². The SMILES string of the molecule is C[C@@H](NC(=O)c1ccco1)C(=O)N1CCCc2ccccc21. The van der Waals surface area contributed by atoms with Crippen LogP contribution in [0.3, 0.4) is 0 Å². The highest BCUT2D eigenvalue weighted by Crippen LogP contribution is 2.27. The number of carbonyl (C=O) groups excluding carboxylic acids is 2. The Kier molecular flexibility index (Phi) is 3.96. The summed E-state index contributed by atoms with van der Waals surface area (Å²) in [4.78, 5) is 26.4. The van der Waals surface area contributed by atoms with Crippen molar-refractivity contribution in [2.45, 2.75) is 25.8 Å². The third-order valence-corrected chi connectivity index (χ3v) is 3.84. The summed E-state index contributed by atoms with van der Waals surface area (Å²) in [5.74, 6) is -0.276. The third-order valence-electron chi connectivity index (χ3n) is 3.84. The van der Waals surface area contributed by atoms with E-state index in [4.69, 9.17) is 4.42 Å². The van der Waals surface area contributed by atoms with Crippen molar-refractivity contribution in [3.63, 3.8) is 0 Å². The van der Waals surface area contributed by atoms with Crippen LogP contribution in [0.1, 0.15) is 29.5 Å². The summed E-state index contributed by atoms with van der Waals surface area (Å²) in [6.45, 7) is 2.37. The molecule has 0 fully saturated rings. The highest BCUT2D eigenvalue weighted by atomic mass is 16.3. The Morgan fingerprint density at radius 3 is 2.82 bits per heavy atom. The Balaban J connectivity index is 1.73. The summed E-state index contributed by atoms with van der Waals surface area (Å²) in [6, 6.07) is 10.5. The fraction of sp³-hybridized carbons (Fsp3) is 0.294. The van der Waals surface area contributed by atoms with Crippen LogP contribution in [0, 0.1) is 0 Å². The van der Waals surface area contributed by atoms with Gasteiger partial charge in [0.1, 0.15) is 6.04 Å². The first kappa shape index (κ1) is 14.4. The molecule has 5 heteroatoms. The average molecular weight is 298 g/mol. The van der Waals surface area contributed by atoms with Gasteiger partial charge in [0, 0.05) is 12.2 Å². The summed E-state index contributed by atoms with van der Waals surface area (Å²) in [5.41, 5.74) is 2.12. The topological polar surface area (TPSA) is 62.6 Å². The molecule has 2 aromatic rings. The van der Waals surface area contributed by atoms with Crippen LogP contribution in [0.5, 0.6) is 0 Å². The molecule has 5 nitrogen and oxygen atoms in total. The van der Waals surface area contributed by atoms with Gasteiger partial charge in [-0.05, 0) is 43.5 Å². The van der Waals surface area contributed by atoms with Crippen molar-refractivity contribution >= 4 is 17.5 Å². The molecule has 0 radical (unpaired) electrons. The van der Waals surface area contributed by atoms with E-state index in [0.29, 0.717) is 6.54 Å². The van der Waals surface area contributed by atoms with Crippen molar-refractivity contribution in [1.29, 1.82) is 0 Å². The zero-order valence-corrected chi connectivity index (χ0v) is 12.4. The van der Waals surface area contributed by atoms with E-state index in [1.165, 1.54) is 11.8 Å². The lowest BCUT2D eigenvalue weighted by Crippen LogP contribution is -2.48. The Labute approximate surface area is 128 Å². The van der Waals surface area contributed by atoms with Gasteiger partial charge in [-0.25, -0.2) is 0 Å². The van der Waals surface area contributed by atoms with Gasteiger partial charge in [-0.3, -0.25) is 9.59 Å². The zero-order valence-electron chi connectivity index (χ0n) is 12.4. The van der Waals surface area contributed by atoms with Gasteiger partial charge in [0.2, 0.25) is 5.91 Å². The van der Waals surface area contributed by atoms with E-state index in [9.17, 15) is 9.59 Å². The normalized spacial score (nSPS) is 15.0. The first-order chi connectivity index (χ1) is 10.7. The molecule has 114 valence electrons. The maximum Gasteiger partial charge on any atom is 0.287 e. The maximum absolute atomic E-state index is 12.6. The molecule has 1 aliphatic rings. The fourth-order valence-corrected chi connectivity index (χ4v) is 2.73. The predicted octanol–water partition coefficient (Wildman–Crippen LogP) is 2.38. The van der Waals surface area contributed by atoms with Gasteiger partial charge in [0.05, 0.1) is 6.26 Å². The van der Waals surface area contributed by atoms with Crippen molar-refractivity contribution in [2.24, 2.45) is 0 Å². The highest BCUT2D eigenvalue weighted by Gasteiger charge is 2.27. The summed E-state index contributed by atoms with van der Waals surface area (Å²) in [7, 11) is 0. The summed E-state index contributed by atoms with van der Waals surface area (Å²) >= 11 is 0. The number of rotatable bonds is 3. The Bertz CT molecular complexity index is 679. The minimum atomic E-state index is -0.608.